The molecule has 0 spiro atoms. The van der Waals surface area contributed by atoms with Crippen LogP contribution >= 0.6 is 0 Å². The van der Waals surface area contributed by atoms with E-state index in [1.54, 1.807) is 0 Å². The Bertz CT molecular complexity index is 1080. The van der Waals surface area contributed by atoms with Crippen LogP contribution in [0.2, 0.25) is 0 Å². The molecule has 2 unspecified atom stereocenters. The molecule has 0 amide bonds. The van der Waals surface area contributed by atoms with Crippen LogP contribution in [0.5, 0.6) is 0 Å². The highest BCUT2D eigenvalue weighted by atomic mass is 15.2. The van der Waals surface area contributed by atoms with Gasteiger partial charge in [0.05, 0.1) is 17.4 Å². The van der Waals surface area contributed by atoms with Gasteiger partial charge in [0.1, 0.15) is 11.6 Å². The minimum Gasteiger partial charge on any atom is -0.293 e. The van der Waals surface area contributed by atoms with Crippen LogP contribution < -0.4 is 0 Å². The molecule has 0 fully saturated rings. The van der Waals surface area contributed by atoms with Crippen LogP contribution in [0.15, 0.2) is 6.08 Å². The van der Waals surface area contributed by atoms with Crippen molar-refractivity contribution in [3.05, 3.63) is 51.6 Å². The SMILES string of the molecule is C.C.CC.CC.Cc1nc(C(C)C)nc2c1C=CCC2(C)C(C)C.Cc1nc(C(C)C)nc2c1CN(C)C2C(C)C. The van der Waals surface area contributed by atoms with Crippen LogP contribution in [0, 0.1) is 25.7 Å². The van der Waals surface area contributed by atoms with Crippen molar-refractivity contribution >= 4 is 6.08 Å². The van der Waals surface area contributed by atoms with Gasteiger partial charge >= 0.3 is 0 Å². The molecule has 2 aliphatic rings. The van der Waals surface area contributed by atoms with Gasteiger partial charge < -0.3 is 0 Å². The Labute approximate surface area is 256 Å². The number of aryl methyl sites for hydroxylation is 2. The van der Waals surface area contributed by atoms with Gasteiger partial charge in [0, 0.05) is 46.3 Å². The van der Waals surface area contributed by atoms with E-state index < -0.39 is 0 Å². The number of hydrogen-bond donors (Lipinski definition) is 0. The smallest absolute Gasteiger partial charge is 0.131 e. The average molecular weight is 570 g/mol. The van der Waals surface area contributed by atoms with Crippen molar-refractivity contribution in [2.24, 2.45) is 11.8 Å². The first kappa shape index (κ1) is 41.0. The van der Waals surface area contributed by atoms with Crippen molar-refractivity contribution in [3.8, 4) is 0 Å². The van der Waals surface area contributed by atoms with E-state index in [4.69, 9.17) is 9.97 Å². The van der Waals surface area contributed by atoms with Crippen LogP contribution in [0.3, 0.4) is 0 Å². The summed E-state index contributed by atoms with van der Waals surface area (Å²) in [5.74, 6) is 3.93. The van der Waals surface area contributed by atoms with Crippen LogP contribution in [-0.2, 0) is 12.0 Å². The summed E-state index contributed by atoms with van der Waals surface area (Å²) in [7, 11) is 2.18. The summed E-state index contributed by atoms with van der Waals surface area (Å²) in [5.41, 5.74) is 7.51. The molecule has 5 heteroatoms. The van der Waals surface area contributed by atoms with E-state index in [0.29, 0.717) is 29.7 Å². The molecular weight excluding hydrogens is 502 g/mol. The predicted octanol–water partition coefficient (Wildman–Crippen LogP) is 10.6. The molecule has 3 heterocycles. The standard InChI is InChI=1S/C16H24N2.C14H23N3.2C2H6.2CH4/c1-10(2)15-17-12(5)13-8-7-9-16(6,11(3)4)14(13)18-15;1-8(2)13-12-11(7-17(13)6)10(5)15-14(16-12)9(3)4;2*1-2;;/h7-8,10-11H,9H2,1-6H3;8-9,13H,7H2,1-6H3;2*1-2H3;2*1H4. The molecule has 2 aromatic heterocycles. The molecule has 0 radical (unpaired) electrons. The quantitative estimate of drug-likeness (QED) is 0.366. The maximum atomic E-state index is 4.89. The third kappa shape index (κ3) is 9.17. The molecule has 2 atom stereocenters. The Kier molecular flexibility index (Phi) is 17.7. The third-order valence-corrected chi connectivity index (χ3v) is 7.89. The average Bonchev–Trinajstić information content (AvgIpc) is 3.24. The predicted molar refractivity (Wildman–Crippen MR) is 183 cm³/mol. The van der Waals surface area contributed by atoms with Crippen molar-refractivity contribution < 1.29 is 0 Å². The topological polar surface area (TPSA) is 54.8 Å². The second-order valence-corrected chi connectivity index (χ2v) is 12.1. The van der Waals surface area contributed by atoms with Crippen molar-refractivity contribution in [3.63, 3.8) is 0 Å². The molecule has 0 aromatic carbocycles. The maximum absolute atomic E-state index is 4.89. The number of nitrogens with zero attached hydrogens (tertiary/aromatic N) is 5. The lowest BCUT2D eigenvalue weighted by Gasteiger charge is -2.36. The largest absolute Gasteiger partial charge is 0.293 e. The molecule has 5 nitrogen and oxygen atoms in total. The monoisotopic (exact) mass is 570 g/mol. The summed E-state index contributed by atoms with van der Waals surface area (Å²) >= 11 is 0. The molecule has 0 saturated heterocycles. The van der Waals surface area contributed by atoms with Gasteiger partial charge in [-0.3, -0.25) is 4.90 Å². The van der Waals surface area contributed by atoms with Gasteiger partial charge in [0.25, 0.3) is 0 Å². The van der Waals surface area contributed by atoms with Gasteiger partial charge in [-0.05, 0) is 39.2 Å². The number of rotatable bonds is 4. The highest BCUT2D eigenvalue weighted by Gasteiger charge is 2.36. The number of hydrogen-bond acceptors (Lipinski definition) is 5. The second kappa shape index (κ2) is 17.7. The molecule has 1 aliphatic carbocycles. The van der Waals surface area contributed by atoms with Crippen LogP contribution in [0.1, 0.15) is 175 Å². The molecule has 0 N–H and O–H groups in total. The Morgan fingerprint density at radius 1 is 0.780 bits per heavy atom. The molecule has 41 heavy (non-hydrogen) atoms. The van der Waals surface area contributed by atoms with Gasteiger partial charge in [-0.15, -0.1) is 0 Å². The summed E-state index contributed by atoms with van der Waals surface area (Å²) in [6, 6.07) is 0.448. The fraction of sp³-hybridized carbons (Fsp3) is 0.722. The van der Waals surface area contributed by atoms with E-state index in [0.717, 1.165) is 36.0 Å². The Morgan fingerprint density at radius 3 is 1.73 bits per heavy atom. The van der Waals surface area contributed by atoms with Crippen molar-refractivity contribution in [1.82, 2.24) is 24.8 Å². The zero-order valence-electron chi connectivity index (χ0n) is 28.2. The van der Waals surface area contributed by atoms with Gasteiger partial charge in [0.15, 0.2) is 0 Å². The zero-order chi connectivity index (χ0) is 30.2. The Balaban J connectivity index is 0. The third-order valence-electron chi connectivity index (χ3n) is 7.89. The molecule has 0 bridgehead atoms. The van der Waals surface area contributed by atoms with Crippen LogP contribution in [0.4, 0.5) is 0 Å². The maximum Gasteiger partial charge on any atom is 0.131 e. The van der Waals surface area contributed by atoms with E-state index in [1.807, 2.05) is 27.7 Å². The van der Waals surface area contributed by atoms with Crippen molar-refractivity contribution in [2.75, 3.05) is 7.05 Å². The minimum absolute atomic E-state index is 0. The van der Waals surface area contributed by atoms with E-state index >= 15 is 0 Å². The number of aromatic nitrogens is 4. The number of allylic oxidation sites excluding steroid dienone is 1. The molecular formula is C36H67N5. The van der Waals surface area contributed by atoms with Gasteiger partial charge in [0.2, 0.25) is 0 Å². The molecule has 0 saturated carbocycles. The minimum atomic E-state index is 0. The molecule has 1 aliphatic heterocycles. The first-order valence-electron chi connectivity index (χ1n) is 15.4. The summed E-state index contributed by atoms with van der Waals surface area (Å²) in [4.78, 5) is 21.4. The van der Waals surface area contributed by atoms with Crippen molar-refractivity contribution in [2.45, 2.75) is 155 Å². The van der Waals surface area contributed by atoms with E-state index in [-0.39, 0.29) is 20.3 Å². The normalized spacial score (nSPS) is 18.7. The lowest BCUT2D eigenvalue weighted by molar-refractivity contribution is 0.211. The van der Waals surface area contributed by atoms with Gasteiger partial charge in [-0.25, -0.2) is 19.9 Å². The van der Waals surface area contributed by atoms with E-state index in [1.165, 1.54) is 22.5 Å². The Hall–Kier alpha value is -2.14. The fourth-order valence-corrected chi connectivity index (χ4v) is 5.24. The summed E-state index contributed by atoms with van der Waals surface area (Å²) in [6.45, 7) is 33.3. The molecule has 2 aromatic rings. The second-order valence-electron chi connectivity index (χ2n) is 12.1. The lowest BCUT2D eigenvalue weighted by Crippen LogP contribution is -2.33. The highest BCUT2D eigenvalue weighted by molar-refractivity contribution is 5.59. The number of fused-ring (bicyclic) bond motifs is 2. The first-order valence-corrected chi connectivity index (χ1v) is 15.4. The lowest BCUT2D eigenvalue weighted by atomic mass is 9.69. The van der Waals surface area contributed by atoms with Crippen LogP contribution in [0.25, 0.3) is 6.08 Å². The van der Waals surface area contributed by atoms with E-state index in [2.05, 4.69) is 110 Å². The molecule has 236 valence electrons. The van der Waals surface area contributed by atoms with Crippen LogP contribution in [-0.4, -0.2) is 31.9 Å². The van der Waals surface area contributed by atoms with E-state index in [9.17, 15) is 0 Å². The molecule has 4 rings (SSSR count). The zero-order valence-corrected chi connectivity index (χ0v) is 28.2. The Morgan fingerprint density at radius 2 is 1.27 bits per heavy atom. The first-order chi connectivity index (χ1) is 18.3. The summed E-state index contributed by atoms with van der Waals surface area (Å²) in [5, 5.41) is 0. The summed E-state index contributed by atoms with van der Waals surface area (Å²) in [6.07, 6.45) is 5.54. The fourth-order valence-electron chi connectivity index (χ4n) is 5.24. The van der Waals surface area contributed by atoms with Gasteiger partial charge in [-0.2, -0.15) is 0 Å². The van der Waals surface area contributed by atoms with Crippen molar-refractivity contribution in [1.29, 1.82) is 0 Å². The summed E-state index contributed by atoms with van der Waals surface area (Å²) < 4.78 is 0. The van der Waals surface area contributed by atoms with Gasteiger partial charge in [-0.1, -0.05) is 117 Å². The highest BCUT2D eigenvalue weighted by Crippen LogP contribution is 2.41.